The van der Waals surface area contributed by atoms with Crippen molar-refractivity contribution in [3.8, 4) is 6.07 Å². The zero-order chi connectivity index (χ0) is 20.1. The van der Waals surface area contributed by atoms with Crippen LogP contribution in [0.3, 0.4) is 0 Å². The summed E-state index contributed by atoms with van der Waals surface area (Å²) < 4.78 is 2.20. The molecule has 0 atom stereocenters. The third-order valence-electron chi connectivity index (χ3n) is 4.48. The van der Waals surface area contributed by atoms with Gasteiger partial charge < -0.3 is 9.47 Å². The van der Waals surface area contributed by atoms with Crippen LogP contribution in [0.2, 0.25) is 10.0 Å². The van der Waals surface area contributed by atoms with Crippen molar-refractivity contribution in [2.75, 3.05) is 7.05 Å². The van der Waals surface area contributed by atoms with Gasteiger partial charge in [-0.2, -0.15) is 5.26 Å². The van der Waals surface area contributed by atoms with Crippen molar-refractivity contribution >= 4 is 35.2 Å². The smallest absolute Gasteiger partial charge is 0.264 e. The zero-order valence-electron chi connectivity index (χ0n) is 16.0. The summed E-state index contributed by atoms with van der Waals surface area (Å²) in [6.07, 6.45) is 2.69. The molecule has 1 amide bonds. The molecule has 0 spiro atoms. The van der Waals surface area contributed by atoms with Crippen LogP contribution < -0.4 is 0 Å². The van der Waals surface area contributed by atoms with E-state index >= 15 is 0 Å². The number of hydrogen-bond acceptors (Lipinski definition) is 2. The van der Waals surface area contributed by atoms with Gasteiger partial charge in [-0.15, -0.1) is 0 Å². The molecule has 0 aliphatic rings. The van der Waals surface area contributed by atoms with Crippen molar-refractivity contribution in [1.82, 2.24) is 9.47 Å². The van der Waals surface area contributed by atoms with Crippen LogP contribution in [-0.2, 0) is 17.9 Å². The fourth-order valence-corrected chi connectivity index (χ4v) is 3.49. The second-order valence-corrected chi connectivity index (χ2v) is 7.39. The molecule has 0 aliphatic carbocycles. The number of nitrogens with zero attached hydrogens (tertiary/aromatic N) is 3. The van der Waals surface area contributed by atoms with Gasteiger partial charge in [0.05, 0.1) is 0 Å². The van der Waals surface area contributed by atoms with E-state index in [1.807, 2.05) is 26.0 Å². The van der Waals surface area contributed by atoms with Crippen LogP contribution in [0.5, 0.6) is 0 Å². The van der Waals surface area contributed by atoms with Gasteiger partial charge in [0.1, 0.15) is 11.6 Å². The van der Waals surface area contributed by atoms with E-state index < -0.39 is 0 Å². The van der Waals surface area contributed by atoms with Gasteiger partial charge in [0.2, 0.25) is 0 Å². The van der Waals surface area contributed by atoms with Crippen LogP contribution in [0.25, 0.3) is 6.08 Å². The molecule has 2 aromatic rings. The molecule has 0 bridgehead atoms. The highest BCUT2D eigenvalue weighted by molar-refractivity contribution is 6.35. The number of hydrogen-bond donors (Lipinski definition) is 0. The lowest BCUT2D eigenvalue weighted by Gasteiger charge is -2.17. The monoisotopic (exact) mass is 403 g/mol. The summed E-state index contributed by atoms with van der Waals surface area (Å²) in [6.45, 7) is 7.36. The van der Waals surface area contributed by atoms with Crippen LogP contribution in [0.15, 0.2) is 29.8 Å². The average molecular weight is 404 g/mol. The van der Waals surface area contributed by atoms with Gasteiger partial charge in [-0.25, -0.2) is 0 Å². The summed E-state index contributed by atoms with van der Waals surface area (Å²) in [5.74, 6) is -0.344. The molecule has 1 aromatic carbocycles. The number of carbonyl (C=O) groups excluding carboxylic acids is 1. The molecule has 27 heavy (non-hydrogen) atoms. The first-order chi connectivity index (χ1) is 12.8. The molecular weight excluding hydrogens is 381 g/mol. The molecule has 6 heteroatoms. The van der Waals surface area contributed by atoms with Gasteiger partial charge in [0.25, 0.3) is 5.91 Å². The summed E-state index contributed by atoms with van der Waals surface area (Å²) in [5, 5.41) is 10.6. The number of rotatable bonds is 6. The summed E-state index contributed by atoms with van der Waals surface area (Å²) >= 11 is 12.1. The number of nitriles is 1. The molecule has 0 N–H and O–H groups in total. The van der Waals surface area contributed by atoms with Crippen molar-refractivity contribution in [2.45, 2.75) is 40.3 Å². The van der Waals surface area contributed by atoms with Crippen LogP contribution in [0.1, 0.15) is 35.9 Å². The third kappa shape index (κ3) is 4.94. The Morgan fingerprint density at radius 2 is 2.00 bits per heavy atom. The Balaban J connectivity index is 2.26. The van der Waals surface area contributed by atoms with Gasteiger partial charge in [-0.1, -0.05) is 36.2 Å². The van der Waals surface area contributed by atoms with E-state index in [-0.39, 0.29) is 11.5 Å². The largest absolute Gasteiger partial charge is 0.349 e. The second kappa shape index (κ2) is 9.12. The number of carbonyl (C=O) groups is 1. The lowest BCUT2D eigenvalue weighted by molar-refractivity contribution is -0.125. The second-order valence-electron chi connectivity index (χ2n) is 6.54. The first kappa shape index (κ1) is 21.1. The maximum Gasteiger partial charge on any atom is 0.264 e. The minimum atomic E-state index is -0.344. The number of aromatic nitrogens is 1. The van der Waals surface area contributed by atoms with E-state index in [1.54, 1.807) is 31.3 Å². The topological polar surface area (TPSA) is 49.0 Å². The summed E-state index contributed by atoms with van der Waals surface area (Å²) in [6, 6.07) is 9.19. The highest BCUT2D eigenvalue weighted by atomic mass is 35.5. The van der Waals surface area contributed by atoms with E-state index in [1.165, 1.54) is 4.90 Å². The van der Waals surface area contributed by atoms with Crippen molar-refractivity contribution in [3.05, 3.63) is 62.4 Å². The average Bonchev–Trinajstić information content (AvgIpc) is 2.89. The van der Waals surface area contributed by atoms with Gasteiger partial charge in [-0.3, -0.25) is 4.79 Å². The number of amides is 1. The lowest BCUT2D eigenvalue weighted by atomic mass is 10.1. The molecule has 0 saturated heterocycles. The van der Waals surface area contributed by atoms with Crippen molar-refractivity contribution in [2.24, 2.45) is 0 Å². The maximum absolute atomic E-state index is 12.7. The molecule has 1 aromatic heterocycles. The van der Waals surface area contributed by atoms with E-state index in [9.17, 15) is 10.1 Å². The highest BCUT2D eigenvalue weighted by Crippen LogP contribution is 2.23. The maximum atomic E-state index is 12.7. The number of aryl methyl sites for hydroxylation is 1. The molecule has 4 nitrogen and oxygen atoms in total. The fraction of sp³-hybridized carbons (Fsp3) is 0.333. The highest BCUT2D eigenvalue weighted by Gasteiger charge is 2.17. The molecule has 1 heterocycles. The quantitative estimate of drug-likeness (QED) is 0.479. The Hall–Kier alpha value is -2.22. The van der Waals surface area contributed by atoms with Crippen LogP contribution >= 0.6 is 23.2 Å². The fourth-order valence-electron chi connectivity index (χ4n) is 3.02. The van der Waals surface area contributed by atoms with Gasteiger partial charge in [0.15, 0.2) is 0 Å². The van der Waals surface area contributed by atoms with E-state index in [0.29, 0.717) is 16.6 Å². The van der Waals surface area contributed by atoms with E-state index in [2.05, 4.69) is 11.5 Å². The van der Waals surface area contributed by atoms with Gasteiger partial charge in [-0.05, 0) is 55.7 Å². The molecule has 0 fully saturated rings. The Morgan fingerprint density at radius 1 is 1.30 bits per heavy atom. The Labute approximate surface area is 170 Å². The van der Waals surface area contributed by atoms with E-state index in [4.69, 9.17) is 23.2 Å². The molecule has 2 rings (SSSR count). The number of benzene rings is 1. The molecule has 0 unspecified atom stereocenters. The zero-order valence-corrected chi connectivity index (χ0v) is 17.5. The Kier molecular flexibility index (Phi) is 7.12. The SMILES string of the molecule is CCCn1c(C)cc(/C=C(\C#N)C(=O)N(C)Cc2ccc(Cl)cc2Cl)c1C. The van der Waals surface area contributed by atoms with Crippen LogP contribution in [0, 0.1) is 25.2 Å². The van der Waals surface area contributed by atoms with Crippen LogP contribution in [0.4, 0.5) is 0 Å². The minimum Gasteiger partial charge on any atom is -0.349 e. The Morgan fingerprint density at radius 3 is 2.59 bits per heavy atom. The molecule has 0 saturated carbocycles. The molecule has 0 aliphatic heterocycles. The summed E-state index contributed by atoms with van der Waals surface area (Å²) in [4.78, 5) is 14.2. The lowest BCUT2D eigenvalue weighted by Crippen LogP contribution is -2.27. The van der Waals surface area contributed by atoms with E-state index in [0.717, 1.165) is 35.5 Å². The third-order valence-corrected chi connectivity index (χ3v) is 5.07. The summed E-state index contributed by atoms with van der Waals surface area (Å²) in [7, 11) is 1.65. The van der Waals surface area contributed by atoms with Gasteiger partial charge in [0, 0.05) is 41.6 Å². The molecule has 142 valence electrons. The standard InChI is InChI=1S/C21H23Cl2N3O/c1-5-8-26-14(2)9-17(15(26)3)10-18(12-24)21(27)25(4)13-16-6-7-19(22)11-20(16)23/h6-7,9-11H,5,8,13H2,1-4H3/b18-10+. The predicted molar refractivity (Wildman–Crippen MR) is 111 cm³/mol. The summed E-state index contributed by atoms with van der Waals surface area (Å²) in [5.41, 5.74) is 3.93. The minimum absolute atomic E-state index is 0.0966. The molecule has 0 radical (unpaired) electrons. The van der Waals surface area contributed by atoms with Crippen molar-refractivity contribution in [3.63, 3.8) is 0 Å². The normalized spacial score (nSPS) is 11.4. The number of likely N-dealkylation sites (N-methyl/N-ethyl adjacent to an activating group) is 1. The van der Waals surface area contributed by atoms with Crippen molar-refractivity contribution in [1.29, 1.82) is 5.26 Å². The predicted octanol–water partition coefficient (Wildman–Crippen LogP) is 5.39. The Bertz CT molecular complexity index is 922. The molecular formula is C21H23Cl2N3O. The van der Waals surface area contributed by atoms with Crippen molar-refractivity contribution < 1.29 is 4.79 Å². The van der Waals surface area contributed by atoms with Gasteiger partial charge >= 0.3 is 0 Å². The first-order valence-electron chi connectivity index (χ1n) is 8.76. The number of halogens is 2. The first-order valence-corrected chi connectivity index (χ1v) is 9.52. The van der Waals surface area contributed by atoms with Crippen LogP contribution in [-0.4, -0.2) is 22.4 Å².